The van der Waals surface area contributed by atoms with E-state index < -0.39 is 5.41 Å². The van der Waals surface area contributed by atoms with Crippen LogP contribution in [0.1, 0.15) is 38.4 Å². The maximum Gasteiger partial charge on any atom is 0.225 e. The summed E-state index contributed by atoms with van der Waals surface area (Å²) in [4.78, 5) is 21.9. The van der Waals surface area contributed by atoms with Crippen LogP contribution in [0.15, 0.2) is 11.4 Å². The SMILES string of the molecule is CCc1nc(NCC2(C(N)=O)CCCC2)c2ccsc2n1. The highest BCUT2D eigenvalue weighted by Crippen LogP contribution is 2.38. The first kappa shape index (κ1) is 14.3. The van der Waals surface area contributed by atoms with E-state index in [-0.39, 0.29) is 5.91 Å². The Kier molecular flexibility index (Phi) is 3.80. The third kappa shape index (κ3) is 2.60. The van der Waals surface area contributed by atoms with Crippen molar-refractivity contribution < 1.29 is 4.79 Å². The van der Waals surface area contributed by atoms with Crippen LogP contribution in [0.2, 0.25) is 0 Å². The minimum Gasteiger partial charge on any atom is -0.369 e. The van der Waals surface area contributed by atoms with Gasteiger partial charge >= 0.3 is 0 Å². The number of thiophene rings is 1. The van der Waals surface area contributed by atoms with E-state index in [0.29, 0.717) is 6.54 Å². The topological polar surface area (TPSA) is 80.9 Å². The zero-order chi connectivity index (χ0) is 14.9. The molecule has 1 amide bonds. The number of aryl methyl sites for hydroxylation is 1. The average molecular weight is 304 g/mol. The van der Waals surface area contributed by atoms with Gasteiger partial charge in [-0.1, -0.05) is 19.8 Å². The van der Waals surface area contributed by atoms with Crippen LogP contribution in [0.4, 0.5) is 5.82 Å². The van der Waals surface area contributed by atoms with Gasteiger partial charge in [0.05, 0.1) is 10.8 Å². The molecule has 1 saturated carbocycles. The lowest BCUT2D eigenvalue weighted by molar-refractivity contribution is -0.126. The second-order valence-corrected chi connectivity index (χ2v) is 6.58. The highest BCUT2D eigenvalue weighted by molar-refractivity contribution is 7.16. The van der Waals surface area contributed by atoms with Crippen LogP contribution < -0.4 is 11.1 Å². The van der Waals surface area contributed by atoms with E-state index in [1.165, 1.54) is 0 Å². The number of nitrogens with two attached hydrogens (primary N) is 1. The Morgan fingerprint density at radius 1 is 1.43 bits per heavy atom. The molecule has 0 aliphatic heterocycles. The summed E-state index contributed by atoms with van der Waals surface area (Å²) in [5.41, 5.74) is 5.22. The molecule has 0 bridgehead atoms. The van der Waals surface area contributed by atoms with Crippen LogP contribution >= 0.6 is 11.3 Å². The van der Waals surface area contributed by atoms with Crippen molar-refractivity contribution in [1.82, 2.24) is 9.97 Å². The summed E-state index contributed by atoms with van der Waals surface area (Å²) in [5, 5.41) is 6.41. The molecule has 0 atom stereocenters. The fourth-order valence-electron chi connectivity index (χ4n) is 3.01. The van der Waals surface area contributed by atoms with Crippen LogP contribution in [-0.4, -0.2) is 22.4 Å². The Morgan fingerprint density at radius 2 is 2.19 bits per heavy atom. The Labute approximate surface area is 128 Å². The molecule has 1 aliphatic carbocycles. The molecule has 5 nitrogen and oxygen atoms in total. The van der Waals surface area contributed by atoms with E-state index in [2.05, 4.69) is 15.3 Å². The number of anilines is 1. The minimum absolute atomic E-state index is 0.196. The first-order chi connectivity index (χ1) is 10.1. The summed E-state index contributed by atoms with van der Waals surface area (Å²) >= 11 is 1.61. The minimum atomic E-state index is -0.417. The predicted octanol–water partition coefficient (Wildman–Crippen LogP) is 2.71. The molecule has 6 heteroatoms. The van der Waals surface area contributed by atoms with Crippen LogP contribution in [0.5, 0.6) is 0 Å². The number of nitrogens with zero attached hydrogens (tertiary/aromatic N) is 2. The maximum absolute atomic E-state index is 11.8. The van der Waals surface area contributed by atoms with Crippen molar-refractivity contribution in [3.8, 4) is 0 Å². The van der Waals surface area contributed by atoms with Gasteiger partial charge in [0.25, 0.3) is 0 Å². The second kappa shape index (κ2) is 5.60. The van der Waals surface area contributed by atoms with E-state index in [9.17, 15) is 4.79 Å². The van der Waals surface area contributed by atoms with Gasteiger partial charge in [0.15, 0.2) is 0 Å². The Hall–Kier alpha value is -1.69. The molecule has 2 aromatic rings. The molecule has 0 radical (unpaired) electrons. The zero-order valence-electron chi connectivity index (χ0n) is 12.2. The average Bonchev–Trinajstić information content (AvgIpc) is 3.14. The molecule has 112 valence electrons. The van der Waals surface area contributed by atoms with E-state index in [0.717, 1.165) is 54.0 Å². The van der Waals surface area contributed by atoms with Gasteiger partial charge in [-0.15, -0.1) is 11.3 Å². The van der Waals surface area contributed by atoms with Crippen molar-refractivity contribution >= 4 is 33.3 Å². The Bertz CT molecular complexity index is 661. The van der Waals surface area contributed by atoms with Gasteiger partial charge in [0, 0.05) is 13.0 Å². The summed E-state index contributed by atoms with van der Waals surface area (Å²) in [6.45, 7) is 2.61. The van der Waals surface area contributed by atoms with Gasteiger partial charge in [-0.25, -0.2) is 9.97 Å². The number of aromatic nitrogens is 2. The van der Waals surface area contributed by atoms with Crippen molar-refractivity contribution in [3.05, 3.63) is 17.3 Å². The summed E-state index contributed by atoms with van der Waals surface area (Å²) in [5.74, 6) is 1.46. The van der Waals surface area contributed by atoms with Crippen molar-refractivity contribution in [2.75, 3.05) is 11.9 Å². The standard InChI is InChI=1S/C15H20N4OS/c1-2-11-18-12(10-5-8-21-13(10)19-11)17-9-15(14(16)20)6-3-4-7-15/h5,8H,2-4,6-7,9H2,1H3,(H2,16,20)(H,17,18,19). The van der Waals surface area contributed by atoms with Gasteiger partial charge in [-0.3, -0.25) is 4.79 Å². The lowest BCUT2D eigenvalue weighted by atomic mass is 9.85. The summed E-state index contributed by atoms with van der Waals surface area (Å²) in [7, 11) is 0. The van der Waals surface area contributed by atoms with Gasteiger partial charge in [0.1, 0.15) is 16.5 Å². The van der Waals surface area contributed by atoms with E-state index in [4.69, 9.17) is 5.73 Å². The number of primary amides is 1. The maximum atomic E-state index is 11.8. The molecule has 2 aromatic heterocycles. The van der Waals surface area contributed by atoms with Crippen molar-refractivity contribution in [2.24, 2.45) is 11.1 Å². The molecular formula is C15H20N4OS. The van der Waals surface area contributed by atoms with E-state index >= 15 is 0 Å². The summed E-state index contributed by atoms with van der Waals surface area (Å²) in [6.07, 6.45) is 4.68. The third-order valence-corrected chi connectivity index (χ3v) is 5.17. The van der Waals surface area contributed by atoms with E-state index in [1.54, 1.807) is 11.3 Å². The highest BCUT2D eigenvalue weighted by Gasteiger charge is 2.39. The van der Waals surface area contributed by atoms with Gasteiger partial charge in [0.2, 0.25) is 5.91 Å². The third-order valence-electron chi connectivity index (χ3n) is 4.37. The molecule has 0 spiro atoms. The smallest absolute Gasteiger partial charge is 0.225 e. The molecule has 1 fully saturated rings. The lowest BCUT2D eigenvalue weighted by Crippen LogP contribution is -2.40. The van der Waals surface area contributed by atoms with Gasteiger partial charge in [-0.2, -0.15) is 0 Å². The monoisotopic (exact) mass is 304 g/mol. The Balaban J connectivity index is 1.87. The Morgan fingerprint density at radius 3 is 2.86 bits per heavy atom. The molecule has 0 aromatic carbocycles. The number of carbonyl (C=O) groups is 1. The molecule has 3 rings (SSSR count). The fourth-order valence-corrected chi connectivity index (χ4v) is 3.79. The van der Waals surface area contributed by atoms with Crippen molar-refractivity contribution in [1.29, 1.82) is 0 Å². The van der Waals surface area contributed by atoms with E-state index in [1.807, 2.05) is 18.4 Å². The molecule has 0 saturated heterocycles. The number of hydrogen-bond donors (Lipinski definition) is 2. The number of fused-ring (bicyclic) bond motifs is 1. The van der Waals surface area contributed by atoms with Gasteiger partial charge < -0.3 is 11.1 Å². The summed E-state index contributed by atoms with van der Waals surface area (Å²) in [6, 6.07) is 2.02. The first-order valence-electron chi connectivity index (χ1n) is 7.42. The number of nitrogens with one attached hydrogen (secondary N) is 1. The molecular weight excluding hydrogens is 284 g/mol. The molecule has 3 N–H and O–H groups in total. The van der Waals surface area contributed by atoms with Crippen molar-refractivity contribution in [2.45, 2.75) is 39.0 Å². The fraction of sp³-hybridized carbons (Fsp3) is 0.533. The number of hydrogen-bond acceptors (Lipinski definition) is 5. The second-order valence-electron chi connectivity index (χ2n) is 5.69. The zero-order valence-corrected chi connectivity index (χ0v) is 13.0. The molecule has 2 heterocycles. The van der Waals surface area contributed by atoms with Crippen LogP contribution in [-0.2, 0) is 11.2 Å². The molecule has 21 heavy (non-hydrogen) atoms. The molecule has 1 aliphatic rings. The first-order valence-corrected chi connectivity index (χ1v) is 8.30. The molecule has 0 unspecified atom stereocenters. The quantitative estimate of drug-likeness (QED) is 0.890. The normalized spacial score (nSPS) is 17.2. The largest absolute Gasteiger partial charge is 0.369 e. The predicted molar refractivity (Wildman–Crippen MR) is 85.4 cm³/mol. The lowest BCUT2D eigenvalue weighted by Gasteiger charge is -2.25. The van der Waals surface area contributed by atoms with Crippen LogP contribution in [0.3, 0.4) is 0 Å². The van der Waals surface area contributed by atoms with Gasteiger partial charge in [-0.05, 0) is 24.3 Å². The number of amides is 1. The summed E-state index contributed by atoms with van der Waals surface area (Å²) < 4.78 is 0. The van der Waals surface area contributed by atoms with Crippen molar-refractivity contribution in [3.63, 3.8) is 0 Å². The number of carbonyl (C=O) groups excluding carboxylic acids is 1. The number of rotatable bonds is 5. The highest BCUT2D eigenvalue weighted by atomic mass is 32.1. The van der Waals surface area contributed by atoms with Crippen LogP contribution in [0.25, 0.3) is 10.2 Å². The van der Waals surface area contributed by atoms with Crippen LogP contribution in [0, 0.1) is 5.41 Å².